The second-order valence-electron chi connectivity index (χ2n) is 11.5. The molecule has 0 saturated heterocycles. The largest absolute Gasteiger partial charge is 0.486 e. The number of ether oxygens (including phenoxy) is 1. The summed E-state index contributed by atoms with van der Waals surface area (Å²) in [6.07, 6.45) is 4.85. The van der Waals surface area contributed by atoms with Crippen LogP contribution in [0.25, 0.3) is 10.8 Å². The van der Waals surface area contributed by atoms with E-state index in [1.165, 1.54) is 4.90 Å². The average molecular weight is 642 g/mol. The first-order valence-corrected chi connectivity index (χ1v) is 15.4. The van der Waals surface area contributed by atoms with E-state index in [9.17, 15) is 29.1 Å². The molecule has 47 heavy (non-hydrogen) atoms. The number of aromatic nitrogens is 2. The van der Waals surface area contributed by atoms with Crippen molar-refractivity contribution in [2.75, 3.05) is 19.7 Å². The number of Topliss-reactive ketones (excluding diaryl/α,β-unsaturated/α-hetero) is 1. The molecule has 4 rings (SSSR count). The molecule has 12 heteroatoms. The number of nitrogens with zero attached hydrogens (tertiary/aromatic N) is 3. The van der Waals surface area contributed by atoms with Crippen LogP contribution in [-0.2, 0) is 25.7 Å². The number of carbonyl (C=O) groups excluding carboxylic acids is 4. The van der Waals surface area contributed by atoms with Crippen LogP contribution in [0.3, 0.4) is 0 Å². The number of hydrogen-bond acceptors (Lipinski definition) is 7. The zero-order valence-corrected chi connectivity index (χ0v) is 26.4. The van der Waals surface area contributed by atoms with Crippen molar-refractivity contribution in [1.29, 1.82) is 0 Å². The molecule has 1 aromatic heterocycles. The van der Waals surface area contributed by atoms with Gasteiger partial charge in [-0.15, -0.1) is 0 Å². The third-order valence-electron chi connectivity index (χ3n) is 7.51. The van der Waals surface area contributed by atoms with Gasteiger partial charge in [-0.3, -0.25) is 24.0 Å². The SMILES string of the molecule is CC(C)[C@H](NC(=O)c1ccc2ccccc2c1)C(=O)N(CCCn1ccnc1)CC(=O)N[C@@H](CC(=O)O)C(=O)COc1ccccc1. The number of aliphatic carboxylic acids is 1. The Morgan fingerprint density at radius 1 is 0.936 bits per heavy atom. The Morgan fingerprint density at radius 2 is 1.66 bits per heavy atom. The Balaban J connectivity index is 1.47. The average Bonchev–Trinajstić information content (AvgIpc) is 3.58. The topological polar surface area (TPSA) is 160 Å². The van der Waals surface area contributed by atoms with Crippen LogP contribution in [0.1, 0.15) is 37.0 Å². The van der Waals surface area contributed by atoms with Crippen molar-refractivity contribution in [3.8, 4) is 5.75 Å². The number of nitrogens with one attached hydrogen (secondary N) is 2. The van der Waals surface area contributed by atoms with Crippen LogP contribution in [-0.4, -0.2) is 80.8 Å². The monoisotopic (exact) mass is 641 g/mol. The fraction of sp³-hybridized carbons (Fsp3) is 0.314. The molecule has 0 radical (unpaired) electrons. The molecule has 0 aliphatic carbocycles. The van der Waals surface area contributed by atoms with Gasteiger partial charge in [-0.2, -0.15) is 0 Å². The molecule has 0 fully saturated rings. The fourth-order valence-corrected chi connectivity index (χ4v) is 5.00. The van der Waals surface area contributed by atoms with Crippen LogP contribution in [0, 0.1) is 5.92 Å². The van der Waals surface area contributed by atoms with E-state index < -0.39 is 61.1 Å². The summed E-state index contributed by atoms with van der Waals surface area (Å²) in [6.45, 7) is 3.33. The summed E-state index contributed by atoms with van der Waals surface area (Å²) in [5.74, 6) is -3.47. The summed E-state index contributed by atoms with van der Waals surface area (Å²) < 4.78 is 7.30. The molecular formula is C35H39N5O7. The van der Waals surface area contributed by atoms with Gasteiger partial charge >= 0.3 is 5.97 Å². The van der Waals surface area contributed by atoms with Crippen LogP contribution < -0.4 is 15.4 Å². The van der Waals surface area contributed by atoms with E-state index in [4.69, 9.17) is 4.74 Å². The van der Waals surface area contributed by atoms with E-state index in [2.05, 4.69) is 15.6 Å². The maximum atomic E-state index is 14.0. The minimum absolute atomic E-state index is 0.147. The summed E-state index contributed by atoms with van der Waals surface area (Å²) in [5, 5.41) is 16.6. The lowest BCUT2D eigenvalue weighted by Gasteiger charge is -2.30. The van der Waals surface area contributed by atoms with Crippen LogP contribution in [0.2, 0.25) is 0 Å². The van der Waals surface area contributed by atoms with Gasteiger partial charge in [0.2, 0.25) is 11.8 Å². The molecule has 3 aromatic carbocycles. The number of fused-ring (bicyclic) bond motifs is 1. The summed E-state index contributed by atoms with van der Waals surface area (Å²) in [4.78, 5) is 70.4. The van der Waals surface area contributed by atoms with Gasteiger partial charge in [-0.25, -0.2) is 4.98 Å². The minimum Gasteiger partial charge on any atom is -0.486 e. The number of rotatable bonds is 17. The first kappa shape index (κ1) is 34.4. The quantitative estimate of drug-likeness (QED) is 0.158. The molecule has 0 unspecified atom stereocenters. The van der Waals surface area contributed by atoms with Crippen LogP contribution in [0.4, 0.5) is 0 Å². The van der Waals surface area contributed by atoms with Crippen molar-refractivity contribution in [3.05, 3.63) is 97.1 Å². The zero-order chi connectivity index (χ0) is 33.8. The van der Waals surface area contributed by atoms with Crippen molar-refractivity contribution in [2.24, 2.45) is 5.92 Å². The Bertz CT molecular complexity index is 1670. The van der Waals surface area contributed by atoms with Gasteiger partial charge in [0.15, 0.2) is 5.78 Å². The molecule has 0 aliphatic rings. The maximum Gasteiger partial charge on any atom is 0.305 e. The number of benzene rings is 3. The maximum absolute atomic E-state index is 14.0. The lowest BCUT2D eigenvalue weighted by Crippen LogP contribution is -2.55. The predicted molar refractivity (Wildman–Crippen MR) is 175 cm³/mol. The van der Waals surface area contributed by atoms with Crippen LogP contribution in [0.5, 0.6) is 5.75 Å². The normalized spacial score (nSPS) is 12.2. The van der Waals surface area contributed by atoms with Gasteiger partial charge in [0, 0.05) is 31.0 Å². The Morgan fingerprint density at radius 3 is 2.34 bits per heavy atom. The number of imidazole rings is 1. The Kier molecular flexibility index (Phi) is 12.2. The molecule has 2 atom stereocenters. The van der Waals surface area contributed by atoms with Crippen molar-refractivity contribution in [3.63, 3.8) is 0 Å². The predicted octanol–water partition coefficient (Wildman–Crippen LogP) is 3.32. The van der Waals surface area contributed by atoms with Gasteiger partial charge in [-0.1, -0.05) is 62.4 Å². The lowest BCUT2D eigenvalue weighted by molar-refractivity contribution is -0.142. The highest BCUT2D eigenvalue weighted by Gasteiger charge is 2.31. The highest BCUT2D eigenvalue weighted by Crippen LogP contribution is 2.17. The van der Waals surface area contributed by atoms with E-state index >= 15 is 0 Å². The molecular weight excluding hydrogens is 602 g/mol. The number of amides is 3. The first-order valence-electron chi connectivity index (χ1n) is 15.4. The van der Waals surface area contributed by atoms with E-state index in [1.807, 2.05) is 34.9 Å². The van der Waals surface area contributed by atoms with E-state index in [0.29, 0.717) is 24.3 Å². The third-order valence-corrected chi connectivity index (χ3v) is 7.51. The molecule has 0 bridgehead atoms. The van der Waals surface area contributed by atoms with Crippen molar-refractivity contribution in [1.82, 2.24) is 25.1 Å². The molecule has 4 aromatic rings. The molecule has 246 valence electrons. The van der Waals surface area contributed by atoms with E-state index in [-0.39, 0.29) is 12.5 Å². The molecule has 0 saturated carbocycles. The highest BCUT2D eigenvalue weighted by atomic mass is 16.5. The molecule has 3 N–H and O–H groups in total. The van der Waals surface area contributed by atoms with Crippen LogP contribution >= 0.6 is 0 Å². The second-order valence-corrected chi connectivity index (χ2v) is 11.5. The fourth-order valence-electron chi connectivity index (χ4n) is 5.00. The van der Waals surface area contributed by atoms with Gasteiger partial charge in [0.05, 0.1) is 19.3 Å². The third kappa shape index (κ3) is 10.2. The Hall–Kier alpha value is -5.52. The van der Waals surface area contributed by atoms with Crippen molar-refractivity contribution < 1.29 is 33.8 Å². The van der Waals surface area contributed by atoms with E-state index in [1.54, 1.807) is 75.0 Å². The lowest BCUT2D eigenvalue weighted by atomic mass is 10.0. The van der Waals surface area contributed by atoms with E-state index in [0.717, 1.165) is 10.8 Å². The number of aryl methyl sites for hydroxylation is 1. The number of hydrogen-bond donors (Lipinski definition) is 3. The van der Waals surface area contributed by atoms with Gasteiger partial charge < -0.3 is 29.9 Å². The standard InChI is InChI=1S/C35H39N5O7/c1-24(2)33(38-34(45)27-14-13-25-9-6-7-10-26(25)19-27)35(46)40(17-8-16-39-18-15-36-23-39)21-31(42)37-29(20-32(43)44)30(41)22-47-28-11-4-3-5-12-28/h3-7,9-15,18-19,23-24,29,33H,8,16-17,20-22H2,1-2H3,(H,37,42)(H,38,45)(H,43,44)/t29-,33-/m0/s1. The Labute approximate surface area is 272 Å². The summed E-state index contributed by atoms with van der Waals surface area (Å²) in [7, 11) is 0. The van der Waals surface area contributed by atoms with Gasteiger partial charge in [-0.05, 0) is 47.4 Å². The summed E-state index contributed by atoms with van der Waals surface area (Å²) >= 11 is 0. The number of carboxylic acid groups (broad SMARTS) is 1. The molecule has 1 heterocycles. The molecule has 3 amide bonds. The molecule has 12 nitrogen and oxygen atoms in total. The smallest absolute Gasteiger partial charge is 0.305 e. The van der Waals surface area contributed by atoms with Gasteiger partial charge in [0.25, 0.3) is 5.91 Å². The minimum atomic E-state index is -1.37. The van der Waals surface area contributed by atoms with Gasteiger partial charge in [0.1, 0.15) is 24.4 Å². The number of para-hydroxylation sites is 1. The number of carbonyl (C=O) groups is 5. The zero-order valence-electron chi connectivity index (χ0n) is 26.4. The number of ketones is 1. The molecule has 0 spiro atoms. The highest BCUT2D eigenvalue weighted by molar-refractivity contribution is 6.01. The molecule has 0 aliphatic heterocycles. The number of carboxylic acids is 1. The van der Waals surface area contributed by atoms with Crippen molar-refractivity contribution in [2.45, 2.75) is 45.3 Å². The van der Waals surface area contributed by atoms with Crippen molar-refractivity contribution >= 4 is 40.2 Å². The second kappa shape index (κ2) is 16.7. The first-order chi connectivity index (χ1) is 22.6. The summed E-state index contributed by atoms with van der Waals surface area (Å²) in [5.41, 5.74) is 0.388. The summed E-state index contributed by atoms with van der Waals surface area (Å²) in [6, 6.07) is 19.1. The van der Waals surface area contributed by atoms with Crippen LogP contribution in [0.15, 0.2) is 91.5 Å².